The Balaban J connectivity index is 1.90. The summed E-state index contributed by atoms with van der Waals surface area (Å²) in [5.41, 5.74) is 0.0869. The standard InChI is InChI=1S/C13H12FN5O3/c1-8-5-3-4-6-10(8)21-7-9-11(14)22-15-12(9)19-13(20)18(2)16-17-19/h3-6H,7H2,1-2H3/i3T. The minimum absolute atomic E-state index is 0.0537. The van der Waals surface area contributed by atoms with Crippen LogP contribution in [0.4, 0.5) is 4.39 Å². The third-order valence-corrected chi connectivity index (χ3v) is 3.03. The Morgan fingerprint density at radius 1 is 1.45 bits per heavy atom. The van der Waals surface area contributed by atoms with Crippen molar-refractivity contribution >= 4 is 0 Å². The van der Waals surface area contributed by atoms with Crippen LogP contribution in [0.5, 0.6) is 5.75 Å². The molecule has 8 nitrogen and oxygen atoms in total. The third-order valence-electron chi connectivity index (χ3n) is 3.03. The maximum Gasteiger partial charge on any atom is 0.369 e. The number of rotatable bonds is 4. The predicted octanol–water partition coefficient (Wildman–Crippen LogP) is 0.981. The lowest BCUT2D eigenvalue weighted by molar-refractivity contribution is 0.256. The molecule has 0 N–H and O–H groups in total. The lowest BCUT2D eigenvalue weighted by atomic mass is 10.2. The molecule has 9 heteroatoms. The van der Waals surface area contributed by atoms with Crippen molar-refractivity contribution in [2.75, 3.05) is 0 Å². The lowest BCUT2D eigenvalue weighted by Gasteiger charge is -2.07. The highest BCUT2D eigenvalue weighted by atomic mass is 19.1. The van der Waals surface area contributed by atoms with Crippen molar-refractivity contribution < 1.29 is 15.0 Å². The zero-order valence-corrected chi connectivity index (χ0v) is 11.8. The van der Waals surface area contributed by atoms with Crippen molar-refractivity contribution in [1.82, 2.24) is 24.9 Å². The molecule has 0 spiro atoms. The van der Waals surface area contributed by atoms with Gasteiger partial charge in [-0.15, -0.1) is 4.68 Å². The number of para-hydroxylation sites is 1. The Hall–Kier alpha value is -2.97. The summed E-state index contributed by atoms with van der Waals surface area (Å²) in [5, 5.41) is 10.6. The molecule has 1 aromatic carbocycles. The quantitative estimate of drug-likeness (QED) is 0.714. The first-order valence-corrected chi connectivity index (χ1v) is 6.31. The van der Waals surface area contributed by atoms with E-state index in [0.717, 1.165) is 14.9 Å². The largest absolute Gasteiger partial charge is 0.488 e. The highest BCUT2D eigenvalue weighted by molar-refractivity contribution is 5.34. The van der Waals surface area contributed by atoms with Crippen LogP contribution in [-0.4, -0.2) is 24.9 Å². The molecule has 2 heterocycles. The molecular formula is C13H12FN5O3. The van der Waals surface area contributed by atoms with E-state index in [0.29, 0.717) is 11.8 Å². The number of ether oxygens (including phenoxy) is 1. The zero-order chi connectivity index (χ0) is 16.6. The minimum atomic E-state index is -0.965. The fourth-order valence-corrected chi connectivity index (χ4v) is 1.83. The van der Waals surface area contributed by atoms with Gasteiger partial charge in [-0.3, -0.25) is 0 Å². The molecule has 0 amide bonds. The van der Waals surface area contributed by atoms with Gasteiger partial charge in [-0.25, -0.2) is 4.79 Å². The molecule has 114 valence electrons. The van der Waals surface area contributed by atoms with Crippen molar-refractivity contribution in [2.24, 2.45) is 7.05 Å². The number of aromatic nitrogens is 5. The van der Waals surface area contributed by atoms with E-state index >= 15 is 0 Å². The van der Waals surface area contributed by atoms with Crippen LogP contribution in [0.2, 0.25) is 0 Å². The molecule has 2 aromatic heterocycles. The van der Waals surface area contributed by atoms with Crippen LogP contribution in [0.3, 0.4) is 0 Å². The topological polar surface area (TPSA) is 88.0 Å². The van der Waals surface area contributed by atoms with Gasteiger partial charge in [0.25, 0.3) is 0 Å². The Labute approximate surface area is 125 Å². The van der Waals surface area contributed by atoms with E-state index in [1.165, 1.54) is 7.05 Å². The molecule has 0 atom stereocenters. The lowest BCUT2D eigenvalue weighted by Crippen LogP contribution is -2.23. The molecule has 0 radical (unpaired) electrons. The van der Waals surface area contributed by atoms with Gasteiger partial charge in [0, 0.05) is 7.05 Å². The van der Waals surface area contributed by atoms with Crippen LogP contribution in [0.1, 0.15) is 12.5 Å². The number of aryl methyl sites for hydroxylation is 2. The summed E-state index contributed by atoms with van der Waals surface area (Å²) in [5.74, 6) is 0.370. The second kappa shape index (κ2) is 5.43. The van der Waals surface area contributed by atoms with Crippen molar-refractivity contribution in [3.8, 4) is 11.6 Å². The normalized spacial score (nSPS) is 11.5. The number of halogens is 1. The minimum Gasteiger partial charge on any atom is -0.488 e. The van der Waals surface area contributed by atoms with Crippen LogP contribution < -0.4 is 10.4 Å². The molecule has 3 rings (SSSR count). The van der Waals surface area contributed by atoms with Gasteiger partial charge in [0.1, 0.15) is 17.9 Å². The fraction of sp³-hybridized carbons (Fsp3) is 0.231. The smallest absolute Gasteiger partial charge is 0.369 e. The molecule has 0 saturated carbocycles. The Kier molecular flexibility index (Phi) is 3.15. The first-order chi connectivity index (χ1) is 11.0. The molecule has 0 fully saturated rings. The van der Waals surface area contributed by atoms with Gasteiger partial charge in [-0.1, -0.05) is 23.3 Å². The fourth-order valence-electron chi connectivity index (χ4n) is 1.83. The van der Waals surface area contributed by atoms with E-state index in [-0.39, 0.29) is 18.0 Å². The SMILES string of the molecule is [3H]c1ccc(OCc2c(-n3nnn(C)c3=O)noc2F)c(C)c1. The average Bonchev–Trinajstić information content (AvgIpc) is 3.02. The van der Waals surface area contributed by atoms with Crippen molar-refractivity contribution in [1.29, 1.82) is 0 Å². The van der Waals surface area contributed by atoms with Gasteiger partial charge in [-0.05, 0) is 29.0 Å². The number of tetrazole rings is 1. The van der Waals surface area contributed by atoms with E-state index in [4.69, 9.17) is 6.11 Å². The molecule has 0 unspecified atom stereocenters. The van der Waals surface area contributed by atoms with Crippen LogP contribution in [-0.2, 0) is 13.7 Å². The molecule has 0 aliphatic rings. The summed E-state index contributed by atoms with van der Waals surface area (Å²) in [4.78, 5) is 11.8. The van der Waals surface area contributed by atoms with Gasteiger partial charge < -0.3 is 9.26 Å². The second-order valence-electron chi connectivity index (χ2n) is 4.54. The predicted molar refractivity (Wildman–Crippen MR) is 72.1 cm³/mol. The average molecular weight is 307 g/mol. The molecule has 0 aliphatic heterocycles. The van der Waals surface area contributed by atoms with E-state index < -0.39 is 11.7 Å². The Morgan fingerprint density at radius 2 is 2.27 bits per heavy atom. The molecule has 0 saturated heterocycles. The molecule has 22 heavy (non-hydrogen) atoms. The van der Waals surface area contributed by atoms with Gasteiger partial charge in [0.2, 0.25) is 5.82 Å². The molecule has 0 bridgehead atoms. The molecule has 0 aliphatic carbocycles. The summed E-state index contributed by atoms with van der Waals surface area (Å²) >= 11 is 0. The number of hydrogen-bond donors (Lipinski definition) is 0. The summed E-state index contributed by atoms with van der Waals surface area (Å²) in [6.45, 7) is 1.55. The van der Waals surface area contributed by atoms with Gasteiger partial charge in [0.15, 0.2) is 0 Å². The van der Waals surface area contributed by atoms with Crippen molar-refractivity contribution in [3.05, 3.63) is 51.9 Å². The highest BCUT2D eigenvalue weighted by Gasteiger charge is 2.22. The first-order valence-electron chi connectivity index (χ1n) is 6.81. The van der Waals surface area contributed by atoms with Gasteiger partial charge >= 0.3 is 11.7 Å². The van der Waals surface area contributed by atoms with Gasteiger partial charge in [0.05, 0.1) is 1.37 Å². The van der Waals surface area contributed by atoms with E-state index in [1.807, 2.05) is 0 Å². The zero-order valence-electron chi connectivity index (χ0n) is 12.8. The van der Waals surface area contributed by atoms with Crippen molar-refractivity contribution in [2.45, 2.75) is 13.5 Å². The third kappa shape index (κ3) is 2.36. The van der Waals surface area contributed by atoms with E-state index in [9.17, 15) is 9.18 Å². The van der Waals surface area contributed by atoms with Crippen molar-refractivity contribution in [3.63, 3.8) is 0 Å². The summed E-state index contributed by atoms with van der Waals surface area (Å²) in [6.07, 6.45) is 0. The number of nitrogens with zero attached hydrogens (tertiary/aromatic N) is 5. The summed E-state index contributed by atoms with van der Waals surface area (Å²) in [7, 11) is 1.41. The van der Waals surface area contributed by atoms with E-state index in [1.54, 1.807) is 25.1 Å². The Bertz CT molecular complexity index is 917. The number of hydrogen-bond acceptors (Lipinski definition) is 6. The van der Waals surface area contributed by atoms with E-state index in [2.05, 4.69) is 20.1 Å². The second-order valence-corrected chi connectivity index (χ2v) is 4.54. The summed E-state index contributed by atoms with van der Waals surface area (Å²) in [6, 6.07) is 4.16. The monoisotopic (exact) mass is 307 g/mol. The Morgan fingerprint density at radius 3 is 2.95 bits per heavy atom. The van der Waals surface area contributed by atoms with Crippen LogP contribution >= 0.6 is 0 Å². The summed E-state index contributed by atoms with van der Waals surface area (Å²) < 4.78 is 33.1. The van der Waals surface area contributed by atoms with Crippen LogP contribution in [0.15, 0.2) is 33.6 Å². The van der Waals surface area contributed by atoms with Crippen LogP contribution in [0, 0.1) is 12.9 Å². The first kappa shape index (κ1) is 12.7. The maximum absolute atomic E-state index is 13.8. The maximum atomic E-state index is 13.8. The molecule has 3 aromatic rings. The van der Waals surface area contributed by atoms with Gasteiger partial charge in [-0.2, -0.15) is 9.07 Å². The highest BCUT2D eigenvalue weighted by Crippen LogP contribution is 2.21. The molecular weight excluding hydrogens is 293 g/mol. The number of benzene rings is 1. The van der Waals surface area contributed by atoms with Crippen LogP contribution in [0.25, 0.3) is 5.82 Å².